The molecule has 154 valence electrons. The Bertz CT molecular complexity index is 984. The third-order valence-electron chi connectivity index (χ3n) is 4.32. The fraction of sp³-hybridized carbons (Fsp3) is 0.533. The molecule has 1 atom stereocenters. The number of nitrogens with zero attached hydrogens (tertiary/aromatic N) is 3. The van der Waals surface area contributed by atoms with Gasteiger partial charge in [0.25, 0.3) is 0 Å². The molecule has 0 aliphatic carbocycles. The number of sulfonamides is 1. The normalized spacial score (nSPS) is 18.7. The molecule has 1 aliphatic heterocycles. The van der Waals surface area contributed by atoms with Crippen LogP contribution in [0.5, 0.6) is 0 Å². The Balaban J connectivity index is 1.66. The summed E-state index contributed by atoms with van der Waals surface area (Å²) < 4.78 is 61.2. The number of ketones is 1. The lowest BCUT2D eigenvalue weighted by atomic mass is 10.0. The lowest BCUT2D eigenvalue weighted by Crippen LogP contribution is -2.39. The van der Waals surface area contributed by atoms with Gasteiger partial charge >= 0.3 is 15.5 Å². The summed E-state index contributed by atoms with van der Waals surface area (Å²) in [5.74, 6) is -1.12. The van der Waals surface area contributed by atoms with Crippen molar-refractivity contribution in [1.29, 1.82) is 0 Å². The van der Waals surface area contributed by atoms with Crippen molar-refractivity contribution in [2.75, 3.05) is 13.1 Å². The smallest absolute Gasteiger partial charge is 0.389 e. The van der Waals surface area contributed by atoms with Crippen molar-refractivity contribution in [3.63, 3.8) is 0 Å². The Morgan fingerprint density at radius 1 is 1.36 bits per heavy atom. The van der Waals surface area contributed by atoms with Crippen molar-refractivity contribution in [3.05, 3.63) is 21.1 Å². The molecular weight excluding hydrogens is 439 g/mol. The molecule has 13 heteroatoms. The Morgan fingerprint density at radius 2 is 2.07 bits per heavy atom. The molecule has 1 N–H and O–H groups in total. The maximum absolute atomic E-state index is 12.6. The summed E-state index contributed by atoms with van der Waals surface area (Å²) in [7, 11) is -5.41. The largest absolute Gasteiger partial charge is 0.511 e. The summed E-state index contributed by atoms with van der Waals surface area (Å²) >= 11 is 2.53. The molecule has 1 aliphatic rings. The van der Waals surface area contributed by atoms with E-state index in [-0.39, 0.29) is 31.8 Å². The van der Waals surface area contributed by atoms with Gasteiger partial charge in [0.2, 0.25) is 0 Å². The van der Waals surface area contributed by atoms with E-state index in [1.54, 1.807) is 12.3 Å². The zero-order valence-corrected chi connectivity index (χ0v) is 17.0. The standard InChI is InChI=1S/C15H16F3N3O4S3/c1-8-14(27-13(6-22)19-8)10-7-26-12(20-10)4-11(23)9-2-3-21(5-9)28(24,25)15(16,17)18/h7,9,22H,2-6H2,1H3. The van der Waals surface area contributed by atoms with E-state index in [1.807, 2.05) is 0 Å². The summed E-state index contributed by atoms with van der Waals surface area (Å²) in [6.07, 6.45) is -0.0138. The molecule has 3 rings (SSSR count). The van der Waals surface area contributed by atoms with Crippen LogP contribution >= 0.6 is 22.7 Å². The van der Waals surface area contributed by atoms with Crippen LogP contribution in [0.1, 0.15) is 22.1 Å². The van der Waals surface area contributed by atoms with Gasteiger partial charge < -0.3 is 5.11 Å². The number of alkyl halides is 3. The van der Waals surface area contributed by atoms with Crippen LogP contribution in [0, 0.1) is 12.8 Å². The molecule has 0 bridgehead atoms. The van der Waals surface area contributed by atoms with Gasteiger partial charge in [-0.3, -0.25) is 4.79 Å². The van der Waals surface area contributed by atoms with Crippen LogP contribution in [-0.2, 0) is 27.8 Å². The van der Waals surface area contributed by atoms with Crippen molar-refractivity contribution in [2.45, 2.75) is 31.9 Å². The van der Waals surface area contributed by atoms with Crippen LogP contribution in [0.25, 0.3) is 10.6 Å². The molecular formula is C15H16F3N3O4S3. The first-order valence-corrected chi connectivity index (χ1v) is 11.3. The third kappa shape index (κ3) is 4.13. The second-order valence-corrected chi connectivity index (χ2v) is 10.2. The number of hydrogen-bond donors (Lipinski definition) is 1. The van der Waals surface area contributed by atoms with E-state index >= 15 is 0 Å². The monoisotopic (exact) mass is 455 g/mol. The summed E-state index contributed by atoms with van der Waals surface area (Å²) in [4.78, 5) is 21.8. The lowest BCUT2D eigenvalue weighted by molar-refractivity contribution is -0.121. The number of aliphatic hydroxyl groups excluding tert-OH is 1. The Hall–Kier alpha value is -1.41. The highest BCUT2D eigenvalue weighted by Crippen LogP contribution is 2.33. The minimum absolute atomic E-state index is 0.0557. The molecule has 7 nitrogen and oxygen atoms in total. The maximum atomic E-state index is 12.6. The summed E-state index contributed by atoms with van der Waals surface area (Å²) in [6, 6.07) is 0. The fourth-order valence-corrected chi connectivity index (χ4v) is 5.67. The summed E-state index contributed by atoms with van der Waals surface area (Å²) in [6.45, 7) is 0.807. The number of aryl methyl sites for hydroxylation is 1. The molecule has 0 aromatic carbocycles. The molecule has 28 heavy (non-hydrogen) atoms. The molecule has 0 radical (unpaired) electrons. The zero-order valence-electron chi connectivity index (χ0n) is 14.6. The van der Waals surface area contributed by atoms with Crippen LogP contribution < -0.4 is 0 Å². The highest BCUT2D eigenvalue weighted by Gasteiger charge is 2.52. The van der Waals surface area contributed by atoms with Gasteiger partial charge in [0.05, 0.1) is 29.3 Å². The van der Waals surface area contributed by atoms with Gasteiger partial charge in [0.15, 0.2) is 0 Å². The van der Waals surface area contributed by atoms with Crippen molar-refractivity contribution in [2.24, 2.45) is 5.92 Å². The van der Waals surface area contributed by atoms with Gasteiger partial charge in [-0.25, -0.2) is 18.4 Å². The van der Waals surface area contributed by atoms with Crippen molar-refractivity contribution < 1.29 is 31.5 Å². The van der Waals surface area contributed by atoms with E-state index < -0.39 is 28.0 Å². The van der Waals surface area contributed by atoms with Gasteiger partial charge in [-0.05, 0) is 13.3 Å². The summed E-state index contributed by atoms with van der Waals surface area (Å²) in [5.41, 5.74) is -4.04. The SMILES string of the molecule is Cc1nc(CO)sc1-c1csc(CC(=O)C2CCN(S(=O)(=O)C(F)(F)F)C2)n1. The third-order valence-corrected chi connectivity index (χ3v) is 7.93. The van der Waals surface area contributed by atoms with Crippen LogP contribution in [0.3, 0.4) is 0 Å². The Morgan fingerprint density at radius 3 is 2.68 bits per heavy atom. The molecule has 2 aromatic rings. The molecule has 1 saturated heterocycles. The molecule has 1 fully saturated rings. The first-order chi connectivity index (χ1) is 13.0. The number of carbonyl (C=O) groups is 1. The highest BCUT2D eigenvalue weighted by atomic mass is 32.2. The number of Topliss-reactive ketones (excluding diaryl/α,β-unsaturated/α-hetero) is 1. The topological polar surface area (TPSA) is 100 Å². The van der Waals surface area contributed by atoms with E-state index in [9.17, 15) is 26.4 Å². The Kier molecular flexibility index (Phi) is 5.92. The highest BCUT2D eigenvalue weighted by molar-refractivity contribution is 7.90. The predicted octanol–water partition coefficient (Wildman–Crippen LogP) is 2.35. The first-order valence-electron chi connectivity index (χ1n) is 8.14. The lowest BCUT2D eigenvalue weighted by Gasteiger charge is -2.17. The van der Waals surface area contributed by atoms with Gasteiger partial charge in [0.1, 0.15) is 15.8 Å². The number of aliphatic hydroxyl groups is 1. The number of rotatable bonds is 6. The first kappa shape index (κ1) is 21.3. The van der Waals surface area contributed by atoms with Crippen LogP contribution in [0.2, 0.25) is 0 Å². The minimum Gasteiger partial charge on any atom is -0.389 e. The number of aromatic nitrogens is 2. The van der Waals surface area contributed by atoms with Gasteiger partial charge in [0, 0.05) is 24.4 Å². The zero-order chi connectivity index (χ0) is 20.7. The average molecular weight is 456 g/mol. The second-order valence-electron chi connectivity index (χ2n) is 6.24. The van der Waals surface area contributed by atoms with E-state index in [0.717, 1.165) is 4.88 Å². The van der Waals surface area contributed by atoms with Crippen molar-refractivity contribution in [1.82, 2.24) is 14.3 Å². The van der Waals surface area contributed by atoms with Crippen LogP contribution in [0.15, 0.2) is 5.38 Å². The second kappa shape index (κ2) is 7.78. The van der Waals surface area contributed by atoms with Crippen molar-refractivity contribution in [3.8, 4) is 10.6 Å². The van der Waals surface area contributed by atoms with Gasteiger partial charge in [-0.2, -0.15) is 17.5 Å². The molecule has 0 amide bonds. The van der Waals surface area contributed by atoms with Crippen LogP contribution in [-0.4, -0.2) is 52.2 Å². The Labute approximate surface area is 166 Å². The van der Waals surface area contributed by atoms with E-state index in [4.69, 9.17) is 5.11 Å². The quantitative estimate of drug-likeness (QED) is 0.718. The number of thiazole rings is 2. The van der Waals surface area contributed by atoms with Crippen molar-refractivity contribution >= 4 is 38.5 Å². The van der Waals surface area contributed by atoms with Gasteiger partial charge in [-0.15, -0.1) is 22.7 Å². The van der Waals surface area contributed by atoms with Gasteiger partial charge in [-0.1, -0.05) is 0 Å². The number of carbonyl (C=O) groups excluding carboxylic acids is 1. The minimum atomic E-state index is -5.41. The molecule has 2 aromatic heterocycles. The average Bonchev–Trinajstić information content (AvgIpc) is 3.32. The molecule has 3 heterocycles. The number of halogens is 3. The molecule has 0 spiro atoms. The van der Waals surface area contributed by atoms with E-state index in [2.05, 4.69) is 9.97 Å². The molecule has 1 unspecified atom stereocenters. The van der Waals surface area contributed by atoms with Crippen LogP contribution in [0.4, 0.5) is 13.2 Å². The predicted molar refractivity (Wildman–Crippen MR) is 97.2 cm³/mol. The maximum Gasteiger partial charge on any atom is 0.511 e. The number of hydrogen-bond acceptors (Lipinski definition) is 8. The van der Waals surface area contributed by atoms with E-state index in [1.165, 1.54) is 22.7 Å². The van der Waals surface area contributed by atoms with E-state index in [0.29, 0.717) is 25.7 Å². The fourth-order valence-electron chi connectivity index (χ4n) is 2.90. The summed E-state index contributed by atoms with van der Waals surface area (Å²) in [5, 5.41) is 12.0. The molecule has 0 saturated carbocycles.